The quantitative estimate of drug-likeness (QED) is 0.691. The van der Waals surface area contributed by atoms with Gasteiger partial charge in [0.25, 0.3) is 5.91 Å². The number of amides is 1. The predicted molar refractivity (Wildman–Crippen MR) is 94.1 cm³/mol. The summed E-state index contributed by atoms with van der Waals surface area (Å²) in [5.41, 5.74) is 5.66. The molecule has 0 spiro atoms. The molecule has 0 unspecified atom stereocenters. The van der Waals surface area contributed by atoms with Crippen molar-refractivity contribution in [2.75, 3.05) is 18.0 Å². The Labute approximate surface area is 141 Å². The maximum absolute atomic E-state index is 13.5. The van der Waals surface area contributed by atoms with Crippen molar-refractivity contribution in [1.29, 1.82) is 0 Å². The van der Waals surface area contributed by atoms with Crippen LogP contribution in [0, 0.1) is 12.7 Å². The molecular formula is C19H20FN3O. The molecule has 1 aliphatic heterocycles. The van der Waals surface area contributed by atoms with Crippen LogP contribution in [0.5, 0.6) is 0 Å². The number of nitrogens with one attached hydrogen (secondary N) is 1. The van der Waals surface area contributed by atoms with E-state index in [1.807, 2.05) is 12.1 Å². The van der Waals surface area contributed by atoms with E-state index in [2.05, 4.69) is 28.4 Å². The lowest BCUT2D eigenvalue weighted by atomic mass is 10.1. The molecule has 1 aliphatic rings. The van der Waals surface area contributed by atoms with Gasteiger partial charge in [-0.3, -0.25) is 4.79 Å². The molecule has 24 heavy (non-hydrogen) atoms. The van der Waals surface area contributed by atoms with Crippen molar-refractivity contribution in [2.24, 2.45) is 5.10 Å². The van der Waals surface area contributed by atoms with E-state index in [9.17, 15) is 9.18 Å². The van der Waals surface area contributed by atoms with Crippen LogP contribution >= 0.6 is 0 Å². The molecule has 3 rings (SSSR count). The third kappa shape index (κ3) is 3.62. The van der Waals surface area contributed by atoms with Gasteiger partial charge in [-0.25, -0.2) is 9.82 Å². The second kappa shape index (κ2) is 7.25. The second-order valence-corrected chi connectivity index (χ2v) is 5.92. The number of carbonyl (C=O) groups excluding carboxylic acids is 1. The fourth-order valence-electron chi connectivity index (χ4n) is 2.94. The molecule has 1 saturated heterocycles. The smallest absolute Gasteiger partial charge is 0.274 e. The van der Waals surface area contributed by atoms with Crippen LogP contribution in [0.1, 0.15) is 34.3 Å². The van der Waals surface area contributed by atoms with Gasteiger partial charge in [-0.2, -0.15) is 5.10 Å². The molecule has 4 nitrogen and oxygen atoms in total. The van der Waals surface area contributed by atoms with Gasteiger partial charge in [0.05, 0.1) is 11.8 Å². The summed E-state index contributed by atoms with van der Waals surface area (Å²) in [7, 11) is 0. The van der Waals surface area contributed by atoms with Crippen LogP contribution in [-0.2, 0) is 0 Å². The van der Waals surface area contributed by atoms with Crippen LogP contribution in [0.25, 0.3) is 0 Å². The molecule has 0 radical (unpaired) electrons. The van der Waals surface area contributed by atoms with Crippen LogP contribution in [0.4, 0.5) is 10.1 Å². The molecule has 1 heterocycles. The van der Waals surface area contributed by atoms with Gasteiger partial charge in [-0.15, -0.1) is 0 Å². The highest BCUT2D eigenvalue weighted by Gasteiger charge is 2.14. The van der Waals surface area contributed by atoms with Gasteiger partial charge in [-0.1, -0.05) is 18.2 Å². The summed E-state index contributed by atoms with van der Waals surface area (Å²) in [5.74, 6) is -1.12. The lowest BCUT2D eigenvalue weighted by Crippen LogP contribution is -2.19. The Morgan fingerprint density at radius 2 is 1.96 bits per heavy atom. The SMILES string of the molecule is Cc1cc(/C=N/NC(=O)c2ccccc2F)ccc1N1CCCC1. The van der Waals surface area contributed by atoms with Crippen molar-refractivity contribution in [3.8, 4) is 0 Å². The third-order valence-corrected chi connectivity index (χ3v) is 4.17. The van der Waals surface area contributed by atoms with E-state index in [-0.39, 0.29) is 5.56 Å². The average molecular weight is 325 g/mol. The Hall–Kier alpha value is -2.69. The Morgan fingerprint density at radius 1 is 1.21 bits per heavy atom. The molecular weight excluding hydrogens is 305 g/mol. The lowest BCUT2D eigenvalue weighted by Gasteiger charge is -2.20. The van der Waals surface area contributed by atoms with Crippen molar-refractivity contribution in [3.05, 3.63) is 65.0 Å². The number of halogens is 1. The molecule has 0 atom stereocenters. The van der Waals surface area contributed by atoms with Crippen LogP contribution in [-0.4, -0.2) is 25.2 Å². The van der Waals surface area contributed by atoms with Crippen molar-refractivity contribution in [2.45, 2.75) is 19.8 Å². The third-order valence-electron chi connectivity index (χ3n) is 4.17. The Morgan fingerprint density at radius 3 is 2.67 bits per heavy atom. The molecule has 0 bridgehead atoms. The molecule has 0 aliphatic carbocycles. The zero-order valence-electron chi connectivity index (χ0n) is 13.6. The number of hydrogen-bond acceptors (Lipinski definition) is 3. The minimum atomic E-state index is -0.560. The molecule has 1 N–H and O–H groups in total. The topological polar surface area (TPSA) is 44.7 Å². The van der Waals surface area contributed by atoms with E-state index < -0.39 is 11.7 Å². The predicted octanol–water partition coefficient (Wildman–Crippen LogP) is 3.50. The molecule has 2 aromatic rings. The van der Waals surface area contributed by atoms with Gasteiger partial charge >= 0.3 is 0 Å². The summed E-state index contributed by atoms with van der Waals surface area (Å²) in [4.78, 5) is 14.3. The fourth-order valence-corrected chi connectivity index (χ4v) is 2.94. The first kappa shape index (κ1) is 16.2. The highest BCUT2D eigenvalue weighted by molar-refractivity contribution is 5.95. The van der Waals surface area contributed by atoms with Gasteiger partial charge in [0, 0.05) is 18.8 Å². The maximum Gasteiger partial charge on any atom is 0.274 e. The van der Waals surface area contributed by atoms with Gasteiger partial charge < -0.3 is 4.90 Å². The summed E-state index contributed by atoms with van der Waals surface area (Å²) >= 11 is 0. The number of anilines is 1. The highest BCUT2D eigenvalue weighted by atomic mass is 19.1. The number of hydrogen-bond donors (Lipinski definition) is 1. The molecule has 0 aromatic heterocycles. The minimum Gasteiger partial charge on any atom is -0.371 e. The molecule has 1 fully saturated rings. The van der Waals surface area contributed by atoms with Gasteiger partial charge in [0.1, 0.15) is 5.82 Å². The van der Waals surface area contributed by atoms with Crippen molar-refractivity contribution in [3.63, 3.8) is 0 Å². The zero-order chi connectivity index (χ0) is 16.9. The van der Waals surface area contributed by atoms with Crippen LogP contribution in [0.15, 0.2) is 47.6 Å². The first-order valence-electron chi connectivity index (χ1n) is 8.09. The van der Waals surface area contributed by atoms with Crippen LogP contribution < -0.4 is 10.3 Å². The molecule has 5 heteroatoms. The monoisotopic (exact) mass is 325 g/mol. The van der Waals surface area contributed by atoms with Crippen LogP contribution in [0.2, 0.25) is 0 Å². The number of hydrazone groups is 1. The van der Waals surface area contributed by atoms with Crippen molar-refractivity contribution in [1.82, 2.24) is 5.43 Å². The molecule has 1 amide bonds. The van der Waals surface area contributed by atoms with Gasteiger partial charge in [0.2, 0.25) is 0 Å². The summed E-state index contributed by atoms with van der Waals surface area (Å²) in [6.07, 6.45) is 4.05. The first-order chi connectivity index (χ1) is 11.6. The Bertz CT molecular complexity index is 767. The fraction of sp³-hybridized carbons (Fsp3) is 0.263. The first-order valence-corrected chi connectivity index (χ1v) is 8.09. The van der Waals surface area contributed by atoms with E-state index in [0.29, 0.717) is 0 Å². The molecule has 0 saturated carbocycles. The zero-order valence-corrected chi connectivity index (χ0v) is 13.6. The molecule has 2 aromatic carbocycles. The minimum absolute atomic E-state index is 0.0183. The molecule has 124 valence electrons. The largest absolute Gasteiger partial charge is 0.371 e. The number of rotatable bonds is 4. The van der Waals surface area contributed by atoms with Gasteiger partial charge in [-0.05, 0) is 55.2 Å². The standard InChI is InChI=1S/C19H20FN3O/c1-14-12-15(8-9-18(14)23-10-4-5-11-23)13-21-22-19(24)16-6-2-3-7-17(16)20/h2-3,6-9,12-13H,4-5,10-11H2,1H3,(H,22,24)/b21-13+. The van der Waals surface area contributed by atoms with E-state index in [0.717, 1.165) is 18.7 Å². The average Bonchev–Trinajstić information content (AvgIpc) is 3.09. The Kier molecular flexibility index (Phi) is 4.89. The maximum atomic E-state index is 13.5. The van der Waals surface area contributed by atoms with Crippen molar-refractivity contribution < 1.29 is 9.18 Å². The normalized spacial score (nSPS) is 14.3. The van der Waals surface area contributed by atoms with E-state index >= 15 is 0 Å². The summed E-state index contributed by atoms with van der Waals surface area (Å²) < 4.78 is 13.5. The second-order valence-electron chi connectivity index (χ2n) is 5.92. The highest BCUT2D eigenvalue weighted by Crippen LogP contribution is 2.24. The van der Waals surface area contributed by atoms with E-state index in [4.69, 9.17) is 0 Å². The van der Waals surface area contributed by atoms with E-state index in [1.165, 1.54) is 36.2 Å². The summed E-state index contributed by atoms with van der Waals surface area (Å²) in [5, 5.41) is 3.92. The summed E-state index contributed by atoms with van der Waals surface area (Å²) in [6, 6.07) is 11.9. The number of carbonyl (C=O) groups is 1. The van der Waals surface area contributed by atoms with Gasteiger partial charge in [0.15, 0.2) is 0 Å². The number of nitrogens with zero attached hydrogens (tertiary/aromatic N) is 2. The number of benzene rings is 2. The Balaban J connectivity index is 1.65. The van der Waals surface area contributed by atoms with Crippen LogP contribution in [0.3, 0.4) is 0 Å². The summed E-state index contributed by atoms with van der Waals surface area (Å²) in [6.45, 7) is 4.28. The lowest BCUT2D eigenvalue weighted by molar-refractivity contribution is 0.0951. The van der Waals surface area contributed by atoms with E-state index in [1.54, 1.807) is 18.3 Å². The number of aryl methyl sites for hydroxylation is 1. The van der Waals surface area contributed by atoms with Crippen molar-refractivity contribution >= 4 is 17.8 Å².